The molecule has 2 heterocycles. The predicted molar refractivity (Wildman–Crippen MR) is 135 cm³/mol. The van der Waals surface area contributed by atoms with Gasteiger partial charge in [0.05, 0.1) is 24.3 Å². The van der Waals surface area contributed by atoms with Crippen LogP contribution in [0.25, 0.3) is 11.0 Å². The number of ether oxygens (including phenoxy) is 1. The molecule has 1 N–H and O–H groups in total. The molecule has 0 fully saturated rings. The Kier molecular flexibility index (Phi) is 6.19. The standard InChI is InChI=1S/C28H19ClF3NO5/c1-14-5-3-6-15(9-14)23-22(24(34)20-11-16-10-18(29)13-21(37-2)26(16)38-20)25(35)27(36)33(23)19-8-4-7-17(12-19)28(30,31)32/h3-13,23,35H,1-2H3. The molecule has 0 radical (unpaired) electrons. The zero-order valence-electron chi connectivity index (χ0n) is 20.0. The molecular weight excluding hydrogens is 523 g/mol. The Morgan fingerprint density at radius 3 is 2.50 bits per heavy atom. The first kappa shape index (κ1) is 25.4. The van der Waals surface area contributed by atoms with Gasteiger partial charge in [0, 0.05) is 22.2 Å². The highest BCUT2D eigenvalue weighted by atomic mass is 35.5. The van der Waals surface area contributed by atoms with Crippen molar-refractivity contribution in [2.45, 2.75) is 19.1 Å². The van der Waals surface area contributed by atoms with Crippen LogP contribution in [-0.2, 0) is 11.0 Å². The number of methoxy groups -OCH3 is 1. The number of aliphatic hydroxyl groups excluding tert-OH is 1. The summed E-state index contributed by atoms with van der Waals surface area (Å²) in [7, 11) is 1.40. The fourth-order valence-corrected chi connectivity index (χ4v) is 4.79. The maximum absolute atomic E-state index is 13.8. The molecule has 1 aliphatic rings. The quantitative estimate of drug-likeness (QED) is 0.270. The first-order valence-electron chi connectivity index (χ1n) is 11.3. The highest BCUT2D eigenvalue weighted by molar-refractivity contribution is 6.31. The average molecular weight is 542 g/mol. The molecular formula is C28H19ClF3NO5. The molecule has 1 atom stereocenters. The van der Waals surface area contributed by atoms with E-state index in [9.17, 15) is 27.9 Å². The summed E-state index contributed by atoms with van der Waals surface area (Å²) in [6, 6.07) is 14.2. The van der Waals surface area contributed by atoms with Gasteiger partial charge in [-0.15, -0.1) is 0 Å². The summed E-state index contributed by atoms with van der Waals surface area (Å²) in [5, 5.41) is 11.7. The first-order valence-corrected chi connectivity index (χ1v) is 11.7. The molecule has 194 valence electrons. The second-order valence-corrected chi connectivity index (χ2v) is 9.20. The number of rotatable bonds is 5. The Labute approximate surface area is 219 Å². The molecule has 1 aliphatic heterocycles. The lowest BCUT2D eigenvalue weighted by Crippen LogP contribution is -2.31. The number of hydrogen-bond acceptors (Lipinski definition) is 5. The van der Waals surface area contributed by atoms with Gasteiger partial charge < -0.3 is 14.3 Å². The summed E-state index contributed by atoms with van der Waals surface area (Å²) in [6.45, 7) is 1.79. The van der Waals surface area contributed by atoms with Crippen molar-refractivity contribution in [2.24, 2.45) is 0 Å². The number of Topliss-reactive ketones (excluding diaryl/α,β-unsaturated/α-hetero) is 1. The molecule has 0 spiro atoms. The van der Waals surface area contributed by atoms with Gasteiger partial charge >= 0.3 is 6.18 Å². The van der Waals surface area contributed by atoms with Crippen molar-refractivity contribution in [3.63, 3.8) is 0 Å². The minimum Gasteiger partial charge on any atom is -0.503 e. The zero-order valence-corrected chi connectivity index (χ0v) is 20.7. The van der Waals surface area contributed by atoms with Crippen LogP contribution in [0.5, 0.6) is 5.75 Å². The molecule has 4 aromatic rings. The van der Waals surface area contributed by atoms with Gasteiger partial charge in [0.1, 0.15) is 0 Å². The van der Waals surface area contributed by atoms with Crippen LogP contribution in [0.4, 0.5) is 18.9 Å². The van der Waals surface area contributed by atoms with Crippen molar-refractivity contribution in [3.8, 4) is 5.75 Å². The highest BCUT2D eigenvalue weighted by Gasteiger charge is 2.46. The number of carbonyl (C=O) groups excluding carboxylic acids is 2. The fourth-order valence-electron chi connectivity index (χ4n) is 4.57. The zero-order chi connectivity index (χ0) is 27.4. The molecule has 38 heavy (non-hydrogen) atoms. The van der Waals surface area contributed by atoms with Gasteiger partial charge in [-0.2, -0.15) is 13.2 Å². The highest BCUT2D eigenvalue weighted by Crippen LogP contribution is 2.44. The van der Waals surface area contributed by atoms with Crippen LogP contribution >= 0.6 is 11.6 Å². The molecule has 3 aromatic carbocycles. The SMILES string of the molecule is COc1cc(Cl)cc2cc(C(=O)C3=C(O)C(=O)N(c4cccc(C(F)(F)F)c4)C3c3cccc(C)c3)oc12. The van der Waals surface area contributed by atoms with Gasteiger partial charge in [-0.1, -0.05) is 47.5 Å². The Morgan fingerprint density at radius 2 is 1.82 bits per heavy atom. The van der Waals surface area contributed by atoms with E-state index in [0.29, 0.717) is 16.0 Å². The number of nitrogens with zero attached hydrogens (tertiary/aromatic N) is 1. The average Bonchev–Trinajstić information content (AvgIpc) is 3.41. The van der Waals surface area contributed by atoms with Gasteiger partial charge in [0.2, 0.25) is 5.78 Å². The summed E-state index contributed by atoms with van der Waals surface area (Å²) in [5.41, 5.74) is -0.0242. The fraction of sp³-hybridized carbons (Fsp3) is 0.143. The number of aliphatic hydroxyl groups is 1. The van der Waals surface area contributed by atoms with E-state index in [1.165, 1.54) is 25.3 Å². The Hall–Kier alpha value is -4.24. The summed E-state index contributed by atoms with van der Waals surface area (Å²) in [4.78, 5) is 28.1. The number of fused-ring (bicyclic) bond motifs is 1. The van der Waals surface area contributed by atoms with Crippen LogP contribution in [0, 0.1) is 6.92 Å². The van der Waals surface area contributed by atoms with E-state index < -0.39 is 35.2 Å². The normalized spacial score (nSPS) is 16.0. The summed E-state index contributed by atoms with van der Waals surface area (Å²) >= 11 is 6.12. The van der Waals surface area contributed by atoms with Crippen LogP contribution in [0.3, 0.4) is 0 Å². The molecule has 10 heteroatoms. The predicted octanol–water partition coefficient (Wildman–Crippen LogP) is 7.20. The second-order valence-electron chi connectivity index (χ2n) is 8.77. The number of alkyl halides is 3. The van der Waals surface area contributed by atoms with E-state index in [2.05, 4.69) is 0 Å². The minimum absolute atomic E-state index is 0.135. The Balaban J connectivity index is 1.68. The lowest BCUT2D eigenvalue weighted by molar-refractivity contribution is -0.137. The largest absolute Gasteiger partial charge is 0.503 e. The van der Waals surface area contributed by atoms with Crippen molar-refractivity contribution < 1.29 is 37.0 Å². The van der Waals surface area contributed by atoms with Crippen LogP contribution < -0.4 is 9.64 Å². The van der Waals surface area contributed by atoms with Gasteiger partial charge in [-0.3, -0.25) is 14.5 Å². The van der Waals surface area contributed by atoms with Gasteiger partial charge in [-0.25, -0.2) is 0 Å². The van der Waals surface area contributed by atoms with E-state index in [1.54, 1.807) is 37.3 Å². The Morgan fingerprint density at radius 1 is 1.08 bits per heavy atom. The van der Waals surface area contributed by atoms with Crippen LogP contribution in [0.1, 0.15) is 33.3 Å². The lowest BCUT2D eigenvalue weighted by atomic mass is 9.93. The maximum atomic E-state index is 13.8. The van der Waals surface area contributed by atoms with E-state index in [1.807, 2.05) is 0 Å². The summed E-state index contributed by atoms with van der Waals surface area (Å²) < 4.78 is 51.4. The number of hydrogen-bond donors (Lipinski definition) is 1. The number of benzene rings is 3. The molecule has 0 bridgehead atoms. The number of aryl methyl sites for hydroxylation is 1. The van der Waals surface area contributed by atoms with Gasteiger partial charge in [0.25, 0.3) is 5.91 Å². The van der Waals surface area contributed by atoms with Gasteiger partial charge in [-0.05, 0) is 42.8 Å². The number of ketones is 1. The topological polar surface area (TPSA) is 80.0 Å². The molecule has 0 saturated carbocycles. The molecule has 1 aromatic heterocycles. The van der Waals surface area contributed by atoms with E-state index in [-0.39, 0.29) is 28.4 Å². The van der Waals surface area contributed by atoms with Crippen LogP contribution in [0.15, 0.2) is 82.5 Å². The summed E-state index contributed by atoms with van der Waals surface area (Å²) in [5.74, 6) is -2.65. The third kappa shape index (κ3) is 4.28. The van der Waals surface area contributed by atoms with E-state index >= 15 is 0 Å². The Bertz CT molecular complexity index is 1640. The first-order chi connectivity index (χ1) is 18.0. The molecule has 1 unspecified atom stereocenters. The summed E-state index contributed by atoms with van der Waals surface area (Å²) in [6.07, 6.45) is -4.67. The molecule has 6 nitrogen and oxygen atoms in total. The van der Waals surface area contributed by atoms with Crippen molar-refractivity contribution in [1.82, 2.24) is 0 Å². The number of carbonyl (C=O) groups is 2. The third-order valence-electron chi connectivity index (χ3n) is 6.25. The lowest BCUT2D eigenvalue weighted by Gasteiger charge is -2.27. The number of furan rings is 1. The number of amides is 1. The van der Waals surface area contributed by atoms with Crippen molar-refractivity contribution in [1.29, 1.82) is 0 Å². The van der Waals surface area contributed by atoms with Gasteiger partial charge in [0.15, 0.2) is 22.9 Å². The molecule has 0 aliphatic carbocycles. The monoisotopic (exact) mass is 541 g/mol. The molecule has 5 rings (SSSR count). The van der Waals surface area contributed by atoms with Crippen LogP contribution in [-0.4, -0.2) is 23.9 Å². The van der Waals surface area contributed by atoms with Crippen LogP contribution in [0.2, 0.25) is 5.02 Å². The number of anilines is 1. The van der Waals surface area contributed by atoms with Crippen molar-refractivity contribution in [2.75, 3.05) is 12.0 Å². The third-order valence-corrected chi connectivity index (χ3v) is 6.47. The minimum atomic E-state index is -4.67. The van der Waals surface area contributed by atoms with Crippen molar-refractivity contribution in [3.05, 3.63) is 106 Å². The molecule has 1 amide bonds. The smallest absolute Gasteiger partial charge is 0.416 e. The molecule has 0 saturated heterocycles. The van der Waals surface area contributed by atoms with E-state index in [4.69, 9.17) is 20.8 Å². The second kappa shape index (κ2) is 9.25. The van der Waals surface area contributed by atoms with Crippen molar-refractivity contribution >= 4 is 39.9 Å². The van der Waals surface area contributed by atoms with E-state index in [0.717, 1.165) is 28.7 Å². The number of halogens is 4. The maximum Gasteiger partial charge on any atom is 0.416 e.